The van der Waals surface area contributed by atoms with E-state index < -0.39 is 41.8 Å². The van der Waals surface area contributed by atoms with Gasteiger partial charge in [-0.05, 0) is 42.0 Å². The molecule has 0 saturated carbocycles. The molecule has 3 N–H and O–H groups in total. The van der Waals surface area contributed by atoms with E-state index in [0.29, 0.717) is 17.6 Å². The predicted octanol–water partition coefficient (Wildman–Crippen LogP) is 6.01. The summed E-state index contributed by atoms with van der Waals surface area (Å²) in [4.78, 5) is 12.8. The third-order valence-electron chi connectivity index (χ3n) is 5.85. The Kier molecular flexibility index (Phi) is 8.14. The molecule has 0 aliphatic carbocycles. The number of aliphatic hydroxyl groups excluding tert-OH is 1. The van der Waals surface area contributed by atoms with E-state index >= 15 is 0 Å². The fourth-order valence-corrected chi connectivity index (χ4v) is 4.92. The van der Waals surface area contributed by atoms with Crippen LogP contribution in [0.25, 0.3) is 11.4 Å². The van der Waals surface area contributed by atoms with Crippen molar-refractivity contribution < 1.29 is 31.8 Å². The van der Waals surface area contributed by atoms with Crippen molar-refractivity contribution in [1.29, 1.82) is 0 Å². The van der Waals surface area contributed by atoms with Gasteiger partial charge in [0.1, 0.15) is 17.7 Å². The summed E-state index contributed by atoms with van der Waals surface area (Å²) in [6.07, 6.45) is -6.01. The number of benzene rings is 3. The summed E-state index contributed by atoms with van der Waals surface area (Å²) in [6.45, 7) is 0. The van der Waals surface area contributed by atoms with Gasteiger partial charge < -0.3 is 20.5 Å². The Labute approximate surface area is 229 Å². The van der Waals surface area contributed by atoms with Crippen LogP contribution in [0.4, 0.5) is 39.5 Å². The molecule has 4 aromatic rings. The van der Waals surface area contributed by atoms with Crippen molar-refractivity contribution in [2.24, 2.45) is 0 Å². The Morgan fingerprint density at radius 1 is 0.900 bits per heavy atom. The Balaban J connectivity index is 1.41. The van der Waals surface area contributed by atoms with Crippen LogP contribution in [0.1, 0.15) is 11.1 Å². The number of ether oxygens (including phenoxy) is 1. The number of hydrogen-bond donors (Lipinski definition) is 3. The maximum Gasteiger partial charge on any atom is 0.416 e. The number of aliphatic hydroxyl groups is 1. The number of epoxide rings is 1. The zero-order valence-electron chi connectivity index (χ0n) is 20.6. The number of nitrogens with zero attached hydrogens (tertiary/aromatic N) is 3. The van der Waals surface area contributed by atoms with Crippen LogP contribution in [0.15, 0.2) is 72.8 Å². The van der Waals surface area contributed by atoms with Gasteiger partial charge in [0.15, 0.2) is 12.1 Å². The van der Waals surface area contributed by atoms with E-state index in [-0.39, 0.29) is 29.0 Å². The molecule has 2 unspecified atom stereocenters. The second-order valence-electron chi connectivity index (χ2n) is 8.91. The number of nitrogens with one attached hydrogen (secondary N) is 2. The minimum atomic E-state index is -4.50. The first-order valence-electron chi connectivity index (χ1n) is 12.0. The van der Waals surface area contributed by atoms with E-state index in [9.17, 15) is 27.1 Å². The zero-order chi connectivity index (χ0) is 28.3. The molecule has 1 aliphatic heterocycles. The SMILES string of the molecule is OC1OC1[C@H](CSCc1ccccc1)Nc1nc(Nc2ccc(C(F)(F)F)cc2)nc(-c2cc(F)cc(F)c2)n1. The number of halogens is 5. The molecule has 7 nitrogen and oxygen atoms in total. The summed E-state index contributed by atoms with van der Waals surface area (Å²) >= 11 is 1.59. The molecule has 5 rings (SSSR count). The zero-order valence-corrected chi connectivity index (χ0v) is 21.4. The van der Waals surface area contributed by atoms with Crippen molar-refractivity contribution in [2.75, 3.05) is 16.4 Å². The van der Waals surface area contributed by atoms with Gasteiger partial charge >= 0.3 is 6.18 Å². The van der Waals surface area contributed by atoms with Crippen LogP contribution in [0.3, 0.4) is 0 Å². The molecule has 1 aliphatic rings. The van der Waals surface area contributed by atoms with Gasteiger partial charge in [0, 0.05) is 28.8 Å². The summed E-state index contributed by atoms with van der Waals surface area (Å²) in [5, 5.41) is 15.8. The fraction of sp³-hybridized carbons (Fsp3) is 0.222. The lowest BCUT2D eigenvalue weighted by Gasteiger charge is -2.18. The van der Waals surface area contributed by atoms with Crippen LogP contribution >= 0.6 is 11.8 Å². The lowest BCUT2D eigenvalue weighted by atomic mass is 10.2. The Bertz CT molecular complexity index is 1440. The van der Waals surface area contributed by atoms with Gasteiger partial charge in [-0.1, -0.05) is 30.3 Å². The summed E-state index contributed by atoms with van der Waals surface area (Å²) in [5.41, 5.74) is 0.557. The number of thioether (sulfide) groups is 1. The largest absolute Gasteiger partial charge is 0.416 e. The van der Waals surface area contributed by atoms with Crippen LogP contribution in [0.5, 0.6) is 0 Å². The van der Waals surface area contributed by atoms with Crippen molar-refractivity contribution in [3.63, 3.8) is 0 Å². The minimum Gasteiger partial charge on any atom is -0.366 e. The predicted molar refractivity (Wildman–Crippen MR) is 141 cm³/mol. The molecular weight excluding hydrogens is 553 g/mol. The Morgan fingerprint density at radius 2 is 1.55 bits per heavy atom. The summed E-state index contributed by atoms with van der Waals surface area (Å²) in [5.74, 6) is -0.638. The van der Waals surface area contributed by atoms with Gasteiger partial charge in [-0.3, -0.25) is 0 Å². The van der Waals surface area contributed by atoms with Crippen molar-refractivity contribution >= 4 is 29.3 Å². The number of hydrogen-bond acceptors (Lipinski definition) is 8. The average Bonchev–Trinajstić information content (AvgIpc) is 3.64. The molecule has 3 aromatic carbocycles. The summed E-state index contributed by atoms with van der Waals surface area (Å²) < 4.78 is 72.1. The van der Waals surface area contributed by atoms with Crippen LogP contribution in [0, 0.1) is 11.6 Å². The minimum absolute atomic E-state index is 0.0112. The monoisotopic (exact) mass is 575 g/mol. The quantitative estimate of drug-likeness (QED) is 0.156. The van der Waals surface area contributed by atoms with Crippen molar-refractivity contribution in [3.8, 4) is 11.4 Å². The van der Waals surface area contributed by atoms with E-state index in [0.717, 1.165) is 29.8 Å². The smallest absolute Gasteiger partial charge is 0.366 e. The molecule has 0 radical (unpaired) electrons. The molecule has 2 heterocycles. The molecule has 40 heavy (non-hydrogen) atoms. The van der Waals surface area contributed by atoms with E-state index in [1.807, 2.05) is 30.3 Å². The number of aromatic nitrogens is 3. The normalized spacial score (nSPS) is 17.4. The molecule has 1 aromatic heterocycles. The van der Waals surface area contributed by atoms with Crippen molar-refractivity contribution in [1.82, 2.24) is 15.0 Å². The van der Waals surface area contributed by atoms with Crippen molar-refractivity contribution in [3.05, 3.63) is 95.6 Å². The summed E-state index contributed by atoms with van der Waals surface area (Å²) in [7, 11) is 0. The Morgan fingerprint density at radius 3 is 2.17 bits per heavy atom. The van der Waals surface area contributed by atoms with E-state index in [1.54, 1.807) is 11.8 Å². The third-order valence-corrected chi connectivity index (χ3v) is 6.98. The topological polar surface area (TPSA) is 95.5 Å². The van der Waals surface area contributed by atoms with Gasteiger partial charge in [-0.2, -0.15) is 39.9 Å². The molecule has 0 amide bonds. The maximum atomic E-state index is 14.0. The van der Waals surface area contributed by atoms with Crippen LogP contribution < -0.4 is 10.6 Å². The fourth-order valence-electron chi connectivity index (χ4n) is 3.85. The highest BCUT2D eigenvalue weighted by molar-refractivity contribution is 7.98. The number of rotatable bonds is 10. The lowest BCUT2D eigenvalue weighted by molar-refractivity contribution is -0.137. The highest BCUT2D eigenvalue weighted by Crippen LogP contribution is 2.31. The van der Waals surface area contributed by atoms with E-state index in [1.165, 1.54) is 12.1 Å². The highest BCUT2D eigenvalue weighted by atomic mass is 32.2. The first-order valence-corrected chi connectivity index (χ1v) is 13.2. The molecular formula is C27H22F5N5O2S. The first-order chi connectivity index (χ1) is 19.1. The first kappa shape index (κ1) is 27.7. The van der Waals surface area contributed by atoms with Gasteiger partial charge in [0.2, 0.25) is 11.9 Å². The molecule has 1 fully saturated rings. The van der Waals surface area contributed by atoms with Gasteiger partial charge in [-0.25, -0.2) is 8.78 Å². The Hall–Kier alpha value is -3.81. The average molecular weight is 576 g/mol. The van der Waals surface area contributed by atoms with Gasteiger partial charge in [0.25, 0.3) is 0 Å². The summed E-state index contributed by atoms with van der Waals surface area (Å²) in [6, 6.07) is 16.4. The van der Waals surface area contributed by atoms with Gasteiger partial charge in [-0.15, -0.1) is 0 Å². The van der Waals surface area contributed by atoms with Crippen molar-refractivity contribution in [2.45, 2.75) is 30.4 Å². The molecule has 1 saturated heterocycles. The van der Waals surface area contributed by atoms with Crippen LogP contribution in [-0.2, 0) is 16.7 Å². The maximum absolute atomic E-state index is 14.0. The molecule has 0 spiro atoms. The second-order valence-corrected chi connectivity index (χ2v) is 9.94. The van der Waals surface area contributed by atoms with E-state index in [4.69, 9.17) is 4.74 Å². The van der Waals surface area contributed by atoms with Crippen LogP contribution in [0.2, 0.25) is 0 Å². The highest BCUT2D eigenvalue weighted by Gasteiger charge is 2.44. The molecule has 13 heteroatoms. The number of alkyl halides is 3. The molecule has 208 valence electrons. The van der Waals surface area contributed by atoms with Crippen LogP contribution in [-0.4, -0.2) is 44.2 Å². The number of anilines is 3. The van der Waals surface area contributed by atoms with E-state index in [2.05, 4.69) is 25.6 Å². The third kappa shape index (κ3) is 7.23. The lowest BCUT2D eigenvalue weighted by Crippen LogP contribution is -2.31. The molecule has 0 bridgehead atoms. The molecule has 3 atom stereocenters. The standard InChI is InChI=1S/C27H22F5N5O2S/c28-18-10-16(11-19(29)12-18)23-35-25(33-20-8-6-17(7-9-20)27(30,31)32)37-26(36-23)34-21(22-24(38)39-22)14-40-13-15-4-2-1-3-5-15/h1-12,21-22,24,38H,13-14H2,(H2,33,34,35,36,37)/t21-,22?,24?/m0/s1. The second kappa shape index (κ2) is 11.7. The van der Waals surface area contributed by atoms with Gasteiger partial charge in [0.05, 0.1) is 11.6 Å².